The summed E-state index contributed by atoms with van der Waals surface area (Å²) in [5.74, 6) is -0.657. The molecule has 0 fully saturated rings. The lowest BCUT2D eigenvalue weighted by molar-refractivity contribution is 0.0697. The monoisotopic (exact) mass is 246 g/mol. The molecule has 0 aliphatic rings. The van der Waals surface area contributed by atoms with Gasteiger partial charge in [0.2, 0.25) is 0 Å². The lowest BCUT2D eigenvalue weighted by atomic mass is 10.2. The fourth-order valence-electron chi connectivity index (χ4n) is 1.34. The highest BCUT2D eigenvalue weighted by atomic mass is 16.4. The first kappa shape index (κ1) is 11.8. The molecule has 1 heterocycles. The standard InChI is InChI=1S/C11H10N4O3/c1-6-9(13-11(18)15-14-6)12-8-4-2-7(3-5-8)10(16)17/h2-5H,1H3,(H,16,17)(H2,12,13,15,18). The van der Waals surface area contributed by atoms with E-state index in [0.717, 1.165) is 0 Å². The lowest BCUT2D eigenvalue weighted by Gasteiger charge is -2.06. The fraction of sp³-hybridized carbons (Fsp3) is 0.0909. The van der Waals surface area contributed by atoms with Crippen LogP contribution in [0.15, 0.2) is 29.1 Å². The molecule has 2 rings (SSSR count). The molecular formula is C11H10N4O3. The Morgan fingerprint density at radius 1 is 1.33 bits per heavy atom. The maximum atomic E-state index is 11.0. The van der Waals surface area contributed by atoms with Crippen LogP contribution in [0.25, 0.3) is 0 Å². The van der Waals surface area contributed by atoms with Gasteiger partial charge in [-0.25, -0.2) is 14.7 Å². The first-order valence-electron chi connectivity index (χ1n) is 5.10. The largest absolute Gasteiger partial charge is 0.478 e. The Kier molecular flexibility index (Phi) is 3.05. The molecule has 0 saturated carbocycles. The normalized spacial score (nSPS) is 10.1. The molecule has 0 saturated heterocycles. The van der Waals surface area contributed by atoms with Crippen LogP contribution in [0, 0.1) is 6.92 Å². The first-order chi connectivity index (χ1) is 8.56. The molecule has 0 spiro atoms. The van der Waals surface area contributed by atoms with Gasteiger partial charge in [-0.2, -0.15) is 10.1 Å². The molecule has 3 N–H and O–H groups in total. The zero-order valence-electron chi connectivity index (χ0n) is 9.47. The van der Waals surface area contributed by atoms with E-state index in [2.05, 4.69) is 20.5 Å². The maximum absolute atomic E-state index is 11.0. The number of hydrogen-bond acceptors (Lipinski definition) is 5. The van der Waals surface area contributed by atoms with Gasteiger partial charge in [0.15, 0.2) is 5.82 Å². The molecule has 0 aliphatic heterocycles. The minimum absolute atomic E-state index is 0.189. The number of hydrogen-bond donors (Lipinski definition) is 3. The highest BCUT2D eigenvalue weighted by Crippen LogP contribution is 2.15. The molecule has 0 bridgehead atoms. The SMILES string of the molecule is Cc1n[nH]c(=O)nc1Nc1ccc(C(=O)O)cc1. The Morgan fingerprint density at radius 2 is 2.00 bits per heavy atom. The van der Waals surface area contributed by atoms with Crippen LogP contribution >= 0.6 is 0 Å². The van der Waals surface area contributed by atoms with Crippen molar-refractivity contribution in [3.05, 3.63) is 46.0 Å². The average molecular weight is 246 g/mol. The molecule has 92 valence electrons. The van der Waals surface area contributed by atoms with Crippen molar-refractivity contribution in [1.29, 1.82) is 0 Å². The molecule has 0 atom stereocenters. The number of aromatic amines is 1. The highest BCUT2D eigenvalue weighted by Gasteiger charge is 2.05. The second-order valence-electron chi connectivity index (χ2n) is 3.58. The van der Waals surface area contributed by atoms with Gasteiger partial charge < -0.3 is 10.4 Å². The summed E-state index contributed by atoms with van der Waals surface area (Å²) in [5.41, 5.74) is 0.805. The highest BCUT2D eigenvalue weighted by molar-refractivity contribution is 5.88. The van der Waals surface area contributed by atoms with Crippen molar-refractivity contribution in [3.8, 4) is 0 Å². The van der Waals surface area contributed by atoms with Crippen molar-refractivity contribution in [2.24, 2.45) is 0 Å². The molecule has 1 aromatic heterocycles. The van der Waals surface area contributed by atoms with Crippen molar-refractivity contribution in [2.45, 2.75) is 6.92 Å². The summed E-state index contributed by atoms with van der Waals surface area (Å²) < 4.78 is 0. The number of anilines is 2. The van der Waals surface area contributed by atoms with Crippen molar-refractivity contribution in [2.75, 3.05) is 5.32 Å². The van der Waals surface area contributed by atoms with Crippen molar-refractivity contribution in [1.82, 2.24) is 15.2 Å². The van der Waals surface area contributed by atoms with Gasteiger partial charge >= 0.3 is 11.7 Å². The van der Waals surface area contributed by atoms with Crippen molar-refractivity contribution < 1.29 is 9.90 Å². The number of carboxylic acids is 1. The van der Waals surface area contributed by atoms with Gasteiger partial charge in [-0.3, -0.25) is 0 Å². The van der Waals surface area contributed by atoms with E-state index < -0.39 is 11.7 Å². The molecule has 7 nitrogen and oxygen atoms in total. The first-order valence-corrected chi connectivity index (χ1v) is 5.10. The third-order valence-corrected chi connectivity index (χ3v) is 2.27. The van der Waals surface area contributed by atoms with E-state index in [1.165, 1.54) is 12.1 Å². The number of aromatic nitrogens is 3. The third kappa shape index (κ3) is 2.51. The fourth-order valence-corrected chi connectivity index (χ4v) is 1.34. The van der Waals surface area contributed by atoms with Crippen molar-refractivity contribution >= 4 is 17.5 Å². The van der Waals surface area contributed by atoms with E-state index >= 15 is 0 Å². The van der Waals surface area contributed by atoms with Crippen LogP contribution < -0.4 is 11.0 Å². The minimum Gasteiger partial charge on any atom is -0.478 e. The Morgan fingerprint density at radius 3 is 2.61 bits per heavy atom. The van der Waals surface area contributed by atoms with Crippen LogP contribution in [0.1, 0.15) is 16.1 Å². The number of benzene rings is 1. The van der Waals surface area contributed by atoms with E-state index in [9.17, 15) is 9.59 Å². The molecule has 0 aliphatic carbocycles. The van der Waals surface area contributed by atoms with Gasteiger partial charge in [0, 0.05) is 5.69 Å². The smallest absolute Gasteiger partial charge is 0.363 e. The van der Waals surface area contributed by atoms with Gasteiger partial charge in [0.1, 0.15) is 5.69 Å². The number of aromatic carboxylic acids is 1. The molecule has 18 heavy (non-hydrogen) atoms. The Balaban J connectivity index is 2.26. The van der Waals surface area contributed by atoms with Gasteiger partial charge in [-0.05, 0) is 31.2 Å². The zero-order valence-corrected chi connectivity index (χ0v) is 9.47. The van der Waals surface area contributed by atoms with Gasteiger partial charge in [0.25, 0.3) is 0 Å². The van der Waals surface area contributed by atoms with Crippen LogP contribution in [0.3, 0.4) is 0 Å². The molecule has 0 amide bonds. The number of rotatable bonds is 3. The van der Waals surface area contributed by atoms with E-state index in [1.54, 1.807) is 19.1 Å². The molecule has 0 radical (unpaired) electrons. The molecule has 2 aromatic rings. The van der Waals surface area contributed by atoms with Crippen LogP contribution in [-0.4, -0.2) is 26.3 Å². The Hall–Kier alpha value is -2.70. The van der Waals surface area contributed by atoms with E-state index in [-0.39, 0.29) is 5.56 Å². The molecule has 1 aromatic carbocycles. The van der Waals surface area contributed by atoms with Crippen molar-refractivity contribution in [3.63, 3.8) is 0 Å². The zero-order chi connectivity index (χ0) is 13.1. The molecule has 0 unspecified atom stereocenters. The number of carboxylic acid groups (broad SMARTS) is 1. The molecule has 7 heteroatoms. The van der Waals surface area contributed by atoms with Crippen LogP contribution in [0.5, 0.6) is 0 Å². The number of H-pyrrole nitrogens is 1. The van der Waals surface area contributed by atoms with Gasteiger partial charge in [-0.1, -0.05) is 0 Å². The number of carbonyl (C=O) groups is 1. The topological polar surface area (TPSA) is 108 Å². The van der Waals surface area contributed by atoms with Crippen LogP contribution in [0.2, 0.25) is 0 Å². The van der Waals surface area contributed by atoms with E-state index in [1.807, 2.05) is 0 Å². The number of aryl methyl sites for hydroxylation is 1. The van der Waals surface area contributed by atoms with Gasteiger partial charge in [-0.15, -0.1) is 0 Å². The average Bonchev–Trinajstić information content (AvgIpc) is 2.34. The van der Waals surface area contributed by atoms with Crippen LogP contribution in [0.4, 0.5) is 11.5 Å². The number of nitrogens with zero attached hydrogens (tertiary/aromatic N) is 2. The number of nitrogens with one attached hydrogen (secondary N) is 2. The van der Waals surface area contributed by atoms with E-state index in [4.69, 9.17) is 5.11 Å². The molecular weight excluding hydrogens is 236 g/mol. The maximum Gasteiger partial charge on any atom is 0.363 e. The predicted molar refractivity (Wildman–Crippen MR) is 64.1 cm³/mol. The second-order valence-corrected chi connectivity index (χ2v) is 3.58. The Labute approximate surface area is 102 Å². The second kappa shape index (κ2) is 4.66. The summed E-state index contributed by atoms with van der Waals surface area (Å²) in [6.07, 6.45) is 0. The summed E-state index contributed by atoms with van der Waals surface area (Å²) >= 11 is 0. The van der Waals surface area contributed by atoms with Crippen LogP contribution in [-0.2, 0) is 0 Å². The Bertz CT molecular complexity index is 633. The third-order valence-electron chi connectivity index (χ3n) is 2.27. The van der Waals surface area contributed by atoms with Gasteiger partial charge in [0.05, 0.1) is 5.56 Å². The summed E-state index contributed by atoms with van der Waals surface area (Å²) in [5, 5.41) is 17.6. The predicted octanol–water partition coefficient (Wildman–Crippen LogP) is 0.915. The minimum atomic E-state index is -0.992. The lowest BCUT2D eigenvalue weighted by Crippen LogP contribution is -2.15. The summed E-state index contributed by atoms with van der Waals surface area (Å²) in [6.45, 7) is 1.69. The summed E-state index contributed by atoms with van der Waals surface area (Å²) in [6, 6.07) is 6.10. The quantitative estimate of drug-likeness (QED) is 0.743. The summed E-state index contributed by atoms with van der Waals surface area (Å²) in [7, 11) is 0. The summed E-state index contributed by atoms with van der Waals surface area (Å²) in [4.78, 5) is 25.4. The van der Waals surface area contributed by atoms with E-state index in [0.29, 0.717) is 17.2 Å².